The van der Waals surface area contributed by atoms with Crippen molar-refractivity contribution in [2.75, 3.05) is 6.54 Å². The number of allylic oxidation sites excluding steroid dienone is 1. The Balaban J connectivity index is 2.47. The van der Waals surface area contributed by atoms with Crippen LogP contribution in [0.5, 0.6) is 5.75 Å². The molecule has 0 saturated heterocycles. The highest BCUT2D eigenvalue weighted by molar-refractivity contribution is 6.32. The van der Waals surface area contributed by atoms with Crippen molar-refractivity contribution < 1.29 is 71.4 Å². The van der Waals surface area contributed by atoms with E-state index in [1.165, 1.54) is 5.32 Å². The van der Waals surface area contributed by atoms with Crippen LogP contribution in [0, 0.1) is 0 Å². The zero-order valence-electron chi connectivity index (χ0n) is 20.9. The SMILES string of the molecule is CC(NC(=O)c1ccc(/C(F)=C/C(c2ccc(Cl)c(OC(F)(F)F)c2)C(F)(F)F)cc1C(F)(F)F)C(=O)NCC(F)(F)F. The molecule has 0 spiro atoms. The minimum absolute atomic E-state index is 0.0530. The summed E-state index contributed by atoms with van der Waals surface area (Å²) in [5, 5.41) is 2.34. The first-order valence-corrected chi connectivity index (χ1v) is 11.6. The Labute approximate surface area is 237 Å². The van der Waals surface area contributed by atoms with Crippen LogP contribution in [-0.2, 0) is 11.0 Å². The molecule has 2 amide bonds. The van der Waals surface area contributed by atoms with Gasteiger partial charge in [-0.1, -0.05) is 23.7 Å². The third kappa shape index (κ3) is 10.5. The molecule has 2 N–H and O–H groups in total. The molecule has 0 heterocycles. The Morgan fingerprint density at radius 2 is 1.53 bits per heavy atom. The normalized spacial score (nSPS) is 14.6. The largest absolute Gasteiger partial charge is 0.573 e. The van der Waals surface area contributed by atoms with Gasteiger partial charge in [-0.25, -0.2) is 4.39 Å². The second-order valence-electron chi connectivity index (χ2n) is 8.56. The molecule has 2 unspecified atom stereocenters. The van der Waals surface area contributed by atoms with Crippen LogP contribution in [0.25, 0.3) is 5.83 Å². The van der Waals surface area contributed by atoms with Gasteiger partial charge in [0, 0.05) is 5.56 Å². The number of alkyl halides is 12. The molecule has 0 aliphatic rings. The van der Waals surface area contributed by atoms with Gasteiger partial charge < -0.3 is 15.4 Å². The summed E-state index contributed by atoms with van der Waals surface area (Å²) < 4.78 is 175. The second-order valence-corrected chi connectivity index (χ2v) is 8.97. The molecule has 19 heteroatoms. The van der Waals surface area contributed by atoms with Crippen LogP contribution in [0.1, 0.15) is 39.9 Å². The second kappa shape index (κ2) is 12.9. The number of carbonyl (C=O) groups excluding carboxylic acids is 2. The molecule has 43 heavy (non-hydrogen) atoms. The maximum Gasteiger partial charge on any atom is 0.573 e. The van der Waals surface area contributed by atoms with E-state index in [2.05, 4.69) is 4.74 Å². The van der Waals surface area contributed by atoms with Gasteiger partial charge in [-0.15, -0.1) is 13.2 Å². The van der Waals surface area contributed by atoms with Crippen LogP contribution < -0.4 is 15.4 Å². The smallest absolute Gasteiger partial charge is 0.404 e. The number of halogens is 14. The molecule has 0 aliphatic carbocycles. The van der Waals surface area contributed by atoms with Crippen LogP contribution in [0.3, 0.4) is 0 Å². The summed E-state index contributed by atoms with van der Waals surface area (Å²) in [6.45, 7) is -0.974. The lowest BCUT2D eigenvalue weighted by atomic mass is 9.95. The van der Waals surface area contributed by atoms with Crippen molar-refractivity contribution in [3.8, 4) is 5.75 Å². The molecule has 0 bridgehead atoms. The molecule has 2 aromatic carbocycles. The number of benzene rings is 2. The van der Waals surface area contributed by atoms with E-state index in [-0.39, 0.29) is 18.2 Å². The molecule has 0 fully saturated rings. The fourth-order valence-electron chi connectivity index (χ4n) is 3.34. The highest BCUT2D eigenvalue weighted by atomic mass is 35.5. The number of rotatable bonds is 8. The molecule has 5 nitrogen and oxygen atoms in total. The van der Waals surface area contributed by atoms with E-state index in [4.69, 9.17) is 11.6 Å². The first-order chi connectivity index (χ1) is 19.4. The molecule has 2 aromatic rings. The number of nitrogens with one attached hydrogen (secondary N) is 2. The molecular formula is C24H16ClF13N2O3. The number of amides is 2. The summed E-state index contributed by atoms with van der Waals surface area (Å²) in [7, 11) is 0. The van der Waals surface area contributed by atoms with Gasteiger partial charge in [0.1, 0.15) is 30.1 Å². The maximum absolute atomic E-state index is 15.0. The molecule has 2 atom stereocenters. The highest BCUT2D eigenvalue weighted by Gasteiger charge is 2.42. The van der Waals surface area contributed by atoms with E-state index in [0.29, 0.717) is 24.3 Å². The van der Waals surface area contributed by atoms with Crippen molar-refractivity contribution in [3.63, 3.8) is 0 Å². The fraction of sp³-hybridized carbons (Fsp3) is 0.333. The number of hydrogen-bond donors (Lipinski definition) is 2. The van der Waals surface area contributed by atoms with E-state index in [1.54, 1.807) is 5.32 Å². The quantitative estimate of drug-likeness (QED) is 0.285. The van der Waals surface area contributed by atoms with Gasteiger partial charge in [-0.05, 0) is 42.8 Å². The summed E-state index contributed by atoms with van der Waals surface area (Å²) in [4.78, 5) is 24.1. The topological polar surface area (TPSA) is 67.4 Å². The van der Waals surface area contributed by atoms with Crippen molar-refractivity contribution in [2.45, 2.75) is 43.8 Å². The Morgan fingerprint density at radius 1 is 0.930 bits per heavy atom. The summed E-state index contributed by atoms with van der Waals surface area (Å²) in [6, 6.07) is 0.321. The van der Waals surface area contributed by atoms with Crippen molar-refractivity contribution in [3.05, 3.63) is 69.8 Å². The predicted molar refractivity (Wildman–Crippen MR) is 123 cm³/mol. The molecule has 238 valence electrons. The van der Waals surface area contributed by atoms with Gasteiger partial charge in [0.2, 0.25) is 5.91 Å². The Bertz CT molecular complexity index is 1370. The van der Waals surface area contributed by atoms with Gasteiger partial charge in [0.05, 0.1) is 16.1 Å². The van der Waals surface area contributed by atoms with Crippen LogP contribution in [0.15, 0.2) is 42.5 Å². The lowest BCUT2D eigenvalue weighted by Gasteiger charge is -2.20. The third-order valence-electron chi connectivity index (χ3n) is 5.26. The third-order valence-corrected chi connectivity index (χ3v) is 5.57. The summed E-state index contributed by atoms with van der Waals surface area (Å²) >= 11 is 5.50. The van der Waals surface area contributed by atoms with E-state index >= 15 is 0 Å². The summed E-state index contributed by atoms with van der Waals surface area (Å²) in [5.41, 5.74) is -5.34. The molecule has 0 saturated carbocycles. The molecule has 2 rings (SSSR count). The van der Waals surface area contributed by atoms with Crippen molar-refractivity contribution in [2.24, 2.45) is 0 Å². The number of carbonyl (C=O) groups is 2. The van der Waals surface area contributed by atoms with Gasteiger partial charge in [0.15, 0.2) is 0 Å². The lowest BCUT2D eigenvalue weighted by molar-refractivity contribution is -0.274. The highest BCUT2D eigenvalue weighted by Crippen LogP contribution is 2.42. The average Bonchev–Trinajstić information content (AvgIpc) is 2.84. The monoisotopic (exact) mass is 662 g/mol. The lowest BCUT2D eigenvalue weighted by Crippen LogP contribution is -2.47. The molecule has 0 aliphatic heterocycles. The van der Waals surface area contributed by atoms with Crippen LogP contribution in [0.4, 0.5) is 57.1 Å². The summed E-state index contributed by atoms with van der Waals surface area (Å²) in [5.74, 6) is -9.30. The minimum Gasteiger partial charge on any atom is -0.404 e. The van der Waals surface area contributed by atoms with Crippen molar-refractivity contribution >= 4 is 29.2 Å². The summed E-state index contributed by atoms with van der Waals surface area (Å²) in [6.07, 6.45) is -21.3. The van der Waals surface area contributed by atoms with Crippen LogP contribution in [0.2, 0.25) is 5.02 Å². The van der Waals surface area contributed by atoms with Gasteiger partial charge in [-0.3, -0.25) is 9.59 Å². The number of hydrogen-bond acceptors (Lipinski definition) is 3. The van der Waals surface area contributed by atoms with Crippen molar-refractivity contribution in [1.29, 1.82) is 0 Å². The first kappa shape index (κ1) is 35.5. The minimum atomic E-state index is -5.44. The first-order valence-electron chi connectivity index (χ1n) is 11.2. The molecule has 0 radical (unpaired) electrons. The van der Waals surface area contributed by atoms with Crippen molar-refractivity contribution in [1.82, 2.24) is 10.6 Å². The van der Waals surface area contributed by atoms with Crippen LogP contribution in [-0.4, -0.2) is 43.1 Å². The van der Waals surface area contributed by atoms with E-state index < -0.39 is 94.1 Å². The van der Waals surface area contributed by atoms with E-state index in [0.717, 1.165) is 6.92 Å². The Hall–Kier alpha value is -3.70. The van der Waals surface area contributed by atoms with Crippen LogP contribution >= 0.6 is 11.6 Å². The standard InChI is InChI=1S/C24H16ClF13N2O3/c1-10(19(41)39-9-21(27,28)29)40-20(42)13-4-2-12(6-15(13)23(33,34)35)17(26)8-14(22(30,31)32)11-3-5-16(25)18(7-11)43-24(36,37)38/h2-8,10,14H,9H2,1H3,(H,39,41)(H,40,42)/b17-8-. The molecule has 0 aromatic heterocycles. The number of ether oxygens (including phenoxy) is 1. The fourth-order valence-corrected chi connectivity index (χ4v) is 3.50. The van der Waals surface area contributed by atoms with Gasteiger partial charge in [-0.2, -0.15) is 39.5 Å². The average molecular weight is 663 g/mol. The zero-order chi connectivity index (χ0) is 33.1. The zero-order valence-corrected chi connectivity index (χ0v) is 21.7. The predicted octanol–water partition coefficient (Wildman–Crippen LogP) is 7.71. The maximum atomic E-state index is 15.0. The Kier molecular flexibility index (Phi) is 10.6. The van der Waals surface area contributed by atoms with E-state index in [9.17, 15) is 66.7 Å². The van der Waals surface area contributed by atoms with Gasteiger partial charge in [0.25, 0.3) is 5.91 Å². The van der Waals surface area contributed by atoms with E-state index in [1.807, 2.05) is 0 Å². The molecular weight excluding hydrogens is 647 g/mol. The Morgan fingerprint density at radius 3 is 2.05 bits per heavy atom. The van der Waals surface area contributed by atoms with Gasteiger partial charge >= 0.3 is 24.9 Å².